The molecule has 0 saturated carbocycles. The first-order chi connectivity index (χ1) is 9.47. The van der Waals surface area contributed by atoms with Gasteiger partial charge >= 0.3 is 0 Å². The van der Waals surface area contributed by atoms with Crippen LogP contribution >= 0.6 is 0 Å². The quantitative estimate of drug-likeness (QED) is 0.848. The molecule has 110 valence electrons. The normalized spacial score (nSPS) is 29.9. The maximum atomic E-state index is 11.8. The third kappa shape index (κ3) is 2.50. The van der Waals surface area contributed by atoms with E-state index in [0.717, 1.165) is 25.8 Å². The summed E-state index contributed by atoms with van der Waals surface area (Å²) in [6.45, 7) is 2.25. The molecule has 2 aliphatic heterocycles. The lowest BCUT2D eigenvalue weighted by atomic mass is 9.85. The Morgan fingerprint density at radius 3 is 2.75 bits per heavy atom. The van der Waals surface area contributed by atoms with Crippen LogP contribution in [0.4, 0.5) is 0 Å². The summed E-state index contributed by atoms with van der Waals surface area (Å²) in [6, 6.07) is 9.25. The molecule has 1 aromatic carbocycles. The average Bonchev–Trinajstić information content (AvgIpc) is 2.45. The Morgan fingerprint density at radius 1 is 1.25 bits per heavy atom. The Morgan fingerprint density at radius 2 is 2.00 bits per heavy atom. The number of piperidine rings is 1. The molecule has 1 aromatic rings. The largest absolute Gasteiger partial charge is 0.328 e. The maximum absolute atomic E-state index is 11.8. The highest BCUT2D eigenvalue weighted by molar-refractivity contribution is 7.88. The molecule has 4 nitrogen and oxygen atoms in total. The fourth-order valence-electron chi connectivity index (χ4n) is 3.73. The zero-order chi connectivity index (χ0) is 14.3. The summed E-state index contributed by atoms with van der Waals surface area (Å²) in [6.07, 6.45) is 4.36. The van der Waals surface area contributed by atoms with Crippen LogP contribution in [0.2, 0.25) is 0 Å². The lowest BCUT2D eigenvalue weighted by Gasteiger charge is -2.42. The van der Waals surface area contributed by atoms with Gasteiger partial charge in [0, 0.05) is 37.9 Å². The van der Waals surface area contributed by atoms with E-state index in [0.29, 0.717) is 6.04 Å². The van der Waals surface area contributed by atoms with Crippen molar-refractivity contribution >= 4 is 10.0 Å². The molecule has 0 aromatic heterocycles. The Balaban J connectivity index is 1.86. The Labute approximate surface area is 121 Å². The van der Waals surface area contributed by atoms with E-state index in [4.69, 9.17) is 0 Å². The number of sulfonamides is 1. The van der Waals surface area contributed by atoms with Gasteiger partial charge in [0.1, 0.15) is 6.04 Å². The highest BCUT2D eigenvalue weighted by Crippen LogP contribution is 2.28. The molecule has 1 fully saturated rings. The third-order valence-electron chi connectivity index (χ3n) is 4.98. The SMILES string of the molecule is CN([C@H]1CC[NH+]2CCc3ccccc3[C@H]2C1)S(C)(=O)=O. The summed E-state index contributed by atoms with van der Waals surface area (Å²) in [4.78, 5) is 1.63. The number of benzene rings is 1. The van der Waals surface area contributed by atoms with Crippen LogP contribution in [0.15, 0.2) is 24.3 Å². The van der Waals surface area contributed by atoms with Gasteiger partial charge < -0.3 is 4.90 Å². The lowest BCUT2D eigenvalue weighted by molar-refractivity contribution is -0.939. The van der Waals surface area contributed by atoms with Crippen LogP contribution in [0, 0.1) is 0 Å². The molecule has 1 N–H and O–H groups in total. The number of nitrogens with zero attached hydrogens (tertiary/aromatic N) is 1. The predicted octanol–water partition coefficient (Wildman–Crippen LogP) is 0.223. The number of rotatable bonds is 2. The molecule has 3 atom stereocenters. The van der Waals surface area contributed by atoms with Crippen LogP contribution in [0.5, 0.6) is 0 Å². The monoisotopic (exact) mass is 295 g/mol. The van der Waals surface area contributed by atoms with E-state index in [1.54, 1.807) is 16.3 Å². The predicted molar refractivity (Wildman–Crippen MR) is 79.2 cm³/mol. The van der Waals surface area contributed by atoms with Crippen molar-refractivity contribution in [2.45, 2.75) is 31.3 Å². The summed E-state index contributed by atoms with van der Waals surface area (Å²) in [5.74, 6) is 0. The van der Waals surface area contributed by atoms with Crippen LogP contribution < -0.4 is 4.90 Å². The number of hydrogen-bond donors (Lipinski definition) is 1. The highest BCUT2D eigenvalue weighted by atomic mass is 32.2. The molecule has 0 radical (unpaired) electrons. The first kappa shape index (κ1) is 14.0. The molecule has 2 heterocycles. The van der Waals surface area contributed by atoms with Crippen LogP contribution in [-0.4, -0.2) is 45.2 Å². The molecule has 20 heavy (non-hydrogen) atoms. The van der Waals surface area contributed by atoms with Gasteiger partial charge in [0.05, 0.1) is 19.3 Å². The summed E-state index contributed by atoms with van der Waals surface area (Å²) >= 11 is 0. The Bertz CT molecular complexity index is 600. The lowest BCUT2D eigenvalue weighted by Crippen LogP contribution is -3.14. The standard InChI is InChI=1S/C15H22N2O2S/c1-16(20(2,18)19)13-8-10-17-9-7-12-5-3-4-6-14(12)15(17)11-13/h3-6,13,15H,7-11H2,1-2H3/p+1/t13-,15+/m0/s1. The van der Waals surface area contributed by atoms with Gasteiger partial charge in [0.15, 0.2) is 0 Å². The maximum Gasteiger partial charge on any atom is 0.211 e. The highest BCUT2D eigenvalue weighted by Gasteiger charge is 2.39. The first-order valence-electron chi connectivity index (χ1n) is 7.32. The molecule has 0 amide bonds. The van der Waals surface area contributed by atoms with E-state index in [1.807, 2.05) is 0 Å². The molecule has 2 aliphatic rings. The van der Waals surface area contributed by atoms with Crippen LogP contribution in [0.3, 0.4) is 0 Å². The number of quaternary nitrogens is 1. The average molecular weight is 295 g/mol. The minimum atomic E-state index is -3.09. The molecule has 0 aliphatic carbocycles. The number of nitrogens with one attached hydrogen (secondary N) is 1. The zero-order valence-corrected chi connectivity index (χ0v) is 13.0. The van der Waals surface area contributed by atoms with Gasteiger partial charge in [-0.15, -0.1) is 0 Å². The van der Waals surface area contributed by atoms with Gasteiger partial charge in [0.2, 0.25) is 10.0 Å². The number of fused-ring (bicyclic) bond motifs is 3. The van der Waals surface area contributed by atoms with Crippen molar-refractivity contribution in [3.05, 3.63) is 35.4 Å². The molecule has 0 spiro atoms. The van der Waals surface area contributed by atoms with Gasteiger partial charge in [-0.3, -0.25) is 0 Å². The molecule has 3 rings (SSSR count). The summed E-state index contributed by atoms with van der Waals surface area (Å²) in [5, 5.41) is 0. The number of hydrogen-bond acceptors (Lipinski definition) is 2. The van der Waals surface area contributed by atoms with Crippen LogP contribution in [-0.2, 0) is 16.4 Å². The van der Waals surface area contributed by atoms with Gasteiger partial charge in [-0.1, -0.05) is 24.3 Å². The third-order valence-corrected chi connectivity index (χ3v) is 6.33. The molecular formula is C15H23N2O2S+. The van der Waals surface area contributed by atoms with Crippen molar-refractivity contribution < 1.29 is 13.3 Å². The van der Waals surface area contributed by atoms with Crippen molar-refractivity contribution in [1.82, 2.24) is 4.31 Å². The smallest absolute Gasteiger partial charge is 0.211 e. The van der Waals surface area contributed by atoms with Crippen molar-refractivity contribution in [3.63, 3.8) is 0 Å². The van der Waals surface area contributed by atoms with Crippen molar-refractivity contribution in [2.75, 3.05) is 26.4 Å². The van der Waals surface area contributed by atoms with E-state index >= 15 is 0 Å². The minimum Gasteiger partial charge on any atom is -0.328 e. The van der Waals surface area contributed by atoms with Gasteiger partial charge in [0.25, 0.3) is 0 Å². The van der Waals surface area contributed by atoms with E-state index in [2.05, 4.69) is 24.3 Å². The molecule has 1 saturated heterocycles. The van der Waals surface area contributed by atoms with Crippen molar-refractivity contribution in [1.29, 1.82) is 0 Å². The Hall–Kier alpha value is -0.910. The van der Waals surface area contributed by atoms with Crippen molar-refractivity contribution in [3.8, 4) is 0 Å². The molecule has 1 unspecified atom stereocenters. The first-order valence-corrected chi connectivity index (χ1v) is 9.17. The van der Waals surface area contributed by atoms with E-state index in [9.17, 15) is 8.42 Å². The summed E-state index contributed by atoms with van der Waals surface area (Å²) < 4.78 is 25.1. The summed E-state index contributed by atoms with van der Waals surface area (Å²) in [5.41, 5.74) is 2.88. The zero-order valence-electron chi connectivity index (χ0n) is 12.2. The minimum absolute atomic E-state index is 0.143. The van der Waals surface area contributed by atoms with Crippen LogP contribution in [0.25, 0.3) is 0 Å². The summed E-state index contributed by atoms with van der Waals surface area (Å²) in [7, 11) is -1.37. The fourth-order valence-corrected chi connectivity index (χ4v) is 4.46. The second kappa shape index (κ2) is 5.13. The topological polar surface area (TPSA) is 41.8 Å². The Kier molecular flexibility index (Phi) is 3.60. The van der Waals surface area contributed by atoms with Gasteiger partial charge in [-0.05, 0) is 5.56 Å². The molecule has 5 heteroatoms. The van der Waals surface area contributed by atoms with Gasteiger partial charge in [-0.2, -0.15) is 0 Å². The van der Waals surface area contributed by atoms with Crippen molar-refractivity contribution in [2.24, 2.45) is 0 Å². The van der Waals surface area contributed by atoms with E-state index in [-0.39, 0.29) is 6.04 Å². The van der Waals surface area contributed by atoms with Crippen LogP contribution in [0.1, 0.15) is 30.0 Å². The van der Waals surface area contributed by atoms with E-state index in [1.165, 1.54) is 23.9 Å². The molecule has 0 bridgehead atoms. The van der Waals surface area contributed by atoms with Gasteiger partial charge in [-0.25, -0.2) is 12.7 Å². The second-order valence-electron chi connectivity index (χ2n) is 6.12. The van der Waals surface area contributed by atoms with E-state index < -0.39 is 10.0 Å². The molecular weight excluding hydrogens is 272 g/mol. The second-order valence-corrected chi connectivity index (χ2v) is 8.16. The fraction of sp³-hybridized carbons (Fsp3) is 0.600.